The maximum atomic E-state index is 15.0. The number of nitrogens with one attached hydrogen (secondary N) is 1. The van der Waals surface area contributed by atoms with Gasteiger partial charge in [0.25, 0.3) is 0 Å². The van der Waals surface area contributed by atoms with E-state index in [-0.39, 0.29) is 46.9 Å². The second-order valence-corrected chi connectivity index (χ2v) is 18.3. The van der Waals surface area contributed by atoms with E-state index in [9.17, 15) is 14.7 Å². The van der Waals surface area contributed by atoms with E-state index in [0.717, 1.165) is 38.0 Å². The molecular formula is C47H62N2O7. The van der Waals surface area contributed by atoms with Gasteiger partial charge in [0.1, 0.15) is 28.4 Å². The maximum absolute atomic E-state index is 15.0. The molecule has 302 valence electrons. The van der Waals surface area contributed by atoms with Gasteiger partial charge >= 0.3 is 0 Å². The van der Waals surface area contributed by atoms with Crippen molar-refractivity contribution >= 4 is 23.5 Å². The summed E-state index contributed by atoms with van der Waals surface area (Å²) in [6.45, 7) is 19.7. The number of likely N-dealkylation sites (tertiary alicyclic amines) is 1. The molecule has 1 saturated carbocycles. The van der Waals surface area contributed by atoms with Crippen molar-refractivity contribution in [1.29, 1.82) is 0 Å². The third-order valence-electron chi connectivity index (χ3n) is 13.1. The molecule has 2 saturated heterocycles. The van der Waals surface area contributed by atoms with E-state index < -0.39 is 28.3 Å². The number of hydrogen-bond acceptors (Lipinski definition) is 8. The lowest BCUT2D eigenvalue weighted by Crippen LogP contribution is -2.72. The topological polar surface area (TPSA) is 114 Å². The SMILES string of the molecule is CC(C)=CCCC1(C)C=Cc2c(O)c3c(c(CC=C(C)C)c2O1)OC12C(=CC4CC1C(C)(C)OC2(C/C=C(/C)C(=O)NCCCN1CCCCCC1)C4=O)C3=O. The van der Waals surface area contributed by atoms with Crippen LogP contribution in [0, 0.1) is 11.8 Å². The predicted octanol–water partition coefficient (Wildman–Crippen LogP) is 8.54. The highest BCUT2D eigenvalue weighted by molar-refractivity contribution is 6.19. The number of phenols is 1. The molecule has 4 heterocycles. The summed E-state index contributed by atoms with van der Waals surface area (Å²) >= 11 is 0. The maximum Gasteiger partial charge on any atom is 0.246 e. The standard InChI is InChI=1S/C47H62N2O7/c1-29(2)15-13-20-45(8)21-19-33-38(50)37-39(51)35-27-32-28-36-44(6,7)56-46(42(32)52,47(35,36)55-41(37)34(40(33)54-45)17-16-30(3)4)22-18-31(5)43(53)48-23-14-26-49-24-11-9-10-12-25-49/h15-16,18-19,21,27,32,36,50H,9-14,17,20,22-26,28H2,1-8H3,(H,48,53)/b31-18-. The van der Waals surface area contributed by atoms with Crippen LogP contribution < -0.4 is 14.8 Å². The van der Waals surface area contributed by atoms with E-state index in [4.69, 9.17) is 14.2 Å². The number of nitrogens with zero attached hydrogens (tertiary/aromatic N) is 1. The van der Waals surface area contributed by atoms with Gasteiger partial charge in [-0.1, -0.05) is 48.3 Å². The Morgan fingerprint density at radius 2 is 1.68 bits per heavy atom. The number of ketones is 2. The smallest absolute Gasteiger partial charge is 0.246 e. The molecule has 4 aliphatic heterocycles. The highest BCUT2D eigenvalue weighted by Crippen LogP contribution is 2.68. The summed E-state index contributed by atoms with van der Waals surface area (Å²) in [6, 6.07) is 0. The van der Waals surface area contributed by atoms with Gasteiger partial charge in [-0.15, -0.1) is 0 Å². The Balaban J connectivity index is 1.25. The largest absolute Gasteiger partial charge is 0.506 e. The monoisotopic (exact) mass is 766 g/mol. The fourth-order valence-corrected chi connectivity index (χ4v) is 10.2. The lowest BCUT2D eigenvalue weighted by atomic mass is 9.51. The van der Waals surface area contributed by atoms with E-state index in [2.05, 4.69) is 36.2 Å². The second kappa shape index (κ2) is 15.1. The molecule has 9 nitrogen and oxygen atoms in total. The average molecular weight is 767 g/mol. The van der Waals surface area contributed by atoms with Crippen LogP contribution in [0.3, 0.4) is 0 Å². The van der Waals surface area contributed by atoms with Crippen molar-refractivity contribution < 1.29 is 33.7 Å². The first kappa shape index (κ1) is 40.3. The highest BCUT2D eigenvalue weighted by Gasteiger charge is 2.81. The van der Waals surface area contributed by atoms with Crippen LogP contribution in [0.5, 0.6) is 17.2 Å². The average Bonchev–Trinajstić information content (AvgIpc) is 3.32. The Labute approximate surface area is 333 Å². The number of amides is 1. The van der Waals surface area contributed by atoms with Crippen LogP contribution in [0.2, 0.25) is 0 Å². The van der Waals surface area contributed by atoms with Crippen molar-refractivity contribution in [1.82, 2.24) is 10.2 Å². The Bertz CT molecular complexity index is 1950. The van der Waals surface area contributed by atoms with Crippen molar-refractivity contribution in [3.63, 3.8) is 0 Å². The lowest BCUT2D eigenvalue weighted by Gasteiger charge is -2.56. The fourth-order valence-electron chi connectivity index (χ4n) is 10.2. The molecule has 3 aliphatic carbocycles. The summed E-state index contributed by atoms with van der Waals surface area (Å²) < 4.78 is 21.1. The molecule has 3 fully saturated rings. The molecule has 0 radical (unpaired) electrons. The van der Waals surface area contributed by atoms with Gasteiger partial charge in [0.15, 0.2) is 22.8 Å². The van der Waals surface area contributed by atoms with Gasteiger partial charge in [-0.2, -0.15) is 0 Å². The number of hydrogen-bond donors (Lipinski definition) is 2. The van der Waals surface area contributed by atoms with Crippen molar-refractivity contribution in [2.75, 3.05) is 26.2 Å². The molecule has 1 aromatic carbocycles. The van der Waals surface area contributed by atoms with Gasteiger partial charge in [0, 0.05) is 41.5 Å². The Morgan fingerprint density at radius 3 is 2.38 bits per heavy atom. The van der Waals surface area contributed by atoms with Crippen LogP contribution in [-0.2, 0) is 20.7 Å². The molecule has 7 aliphatic rings. The van der Waals surface area contributed by atoms with Crippen LogP contribution >= 0.6 is 0 Å². The third kappa shape index (κ3) is 6.80. The molecule has 0 aromatic heterocycles. The predicted molar refractivity (Wildman–Crippen MR) is 219 cm³/mol. The molecule has 4 bridgehead atoms. The second-order valence-electron chi connectivity index (χ2n) is 18.3. The summed E-state index contributed by atoms with van der Waals surface area (Å²) in [4.78, 5) is 45.7. The van der Waals surface area contributed by atoms with Crippen molar-refractivity contribution in [2.45, 2.75) is 142 Å². The van der Waals surface area contributed by atoms with Crippen LogP contribution in [0.15, 0.2) is 52.7 Å². The molecule has 8 rings (SSSR count). The molecule has 9 heteroatoms. The van der Waals surface area contributed by atoms with Crippen molar-refractivity contribution in [3.8, 4) is 17.2 Å². The molecule has 5 unspecified atom stereocenters. The number of carbonyl (C=O) groups is 3. The van der Waals surface area contributed by atoms with E-state index in [1.807, 2.05) is 46.8 Å². The van der Waals surface area contributed by atoms with E-state index in [0.29, 0.717) is 53.8 Å². The van der Waals surface area contributed by atoms with Gasteiger partial charge in [-0.05, 0) is 132 Å². The van der Waals surface area contributed by atoms with Gasteiger partial charge in [0.05, 0.1) is 11.2 Å². The van der Waals surface area contributed by atoms with Crippen LogP contribution in [0.1, 0.15) is 135 Å². The zero-order valence-electron chi connectivity index (χ0n) is 34.9. The molecule has 56 heavy (non-hydrogen) atoms. The minimum atomic E-state index is -1.56. The molecule has 1 spiro atoms. The number of rotatable bonds is 12. The minimum absolute atomic E-state index is 0.0666. The molecular weight excluding hydrogens is 705 g/mol. The summed E-state index contributed by atoms with van der Waals surface area (Å²) in [7, 11) is 0. The number of carbonyl (C=O) groups excluding carboxylic acids is 3. The van der Waals surface area contributed by atoms with Gasteiger partial charge in [-0.25, -0.2) is 0 Å². The lowest BCUT2D eigenvalue weighted by molar-refractivity contribution is -0.171. The fraction of sp³-hybridized carbons (Fsp3) is 0.596. The van der Waals surface area contributed by atoms with Gasteiger partial charge < -0.3 is 29.5 Å². The zero-order valence-corrected chi connectivity index (χ0v) is 34.9. The first-order valence-electron chi connectivity index (χ1n) is 21.0. The summed E-state index contributed by atoms with van der Waals surface area (Å²) in [5.74, 6) is -1.03. The molecule has 1 aromatic rings. The van der Waals surface area contributed by atoms with Crippen LogP contribution in [0.4, 0.5) is 0 Å². The van der Waals surface area contributed by atoms with E-state index in [1.54, 1.807) is 19.1 Å². The zero-order chi connectivity index (χ0) is 40.2. The van der Waals surface area contributed by atoms with Gasteiger partial charge in [0.2, 0.25) is 5.91 Å². The quantitative estimate of drug-likeness (QED) is 0.124. The first-order valence-corrected chi connectivity index (χ1v) is 21.0. The highest BCUT2D eigenvalue weighted by atomic mass is 16.6. The molecule has 2 N–H and O–H groups in total. The summed E-state index contributed by atoms with van der Waals surface area (Å²) in [5.41, 5.74) is -0.165. The third-order valence-corrected chi connectivity index (χ3v) is 13.1. The normalized spacial score (nSPS) is 29.9. The number of benzene rings is 1. The number of ether oxygens (including phenoxy) is 3. The number of Topliss-reactive ketones (excluding diaryl/α,β-unsaturated/α-hetero) is 2. The van der Waals surface area contributed by atoms with Crippen molar-refractivity contribution in [2.24, 2.45) is 11.8 Å². The first-order chi connectivity index (χ1) is 26.5. The number of fused-ring (bicyclic) bond motifs is 2. The van der Waals surface area contributed by atoms with Crippen molar-refractivity contribution in [3.05, 3.63) is 69.4 Å². The van der Waals surface area contributed by atoms with Crippen LogP contribution in [0.25, 0.3) is 6.08 Å². The summed E-state index contributed by atoms with van der Waals surface area (Å²) in [6.07, 6.45) is 20.0. The Kier molecular flexibility index (Phi) is 10.8. The van der Waals surface area contributed by atoms with E-state index in [1.165, 1.54) is 31.3 Å². The minimum Gasteiger partial charge on any atom is -0.506 e. The summed E-state index contributed by atoms with van der Waals surface area (Å²) in [5, 5.41) is 15.1. The molecule has 5 atom stereocenters. The Morgan fingerprint density at radius 1 is 0.964 bits per heavy atom. The number of aromatic hydroxyl groups is 1. The van der Waals surface area contributed by atoms with Crippen LogP contribution in [-0.4, -0.2) is 76.1 Å². The molecule has 1 amide bonds. The van der Waals surface area contributed by atoms with E-state index >= 15 is 4.79 Å². The number of allylic oxidation sites excluding steroid dienone is 5. The number of phenolic OH excluding ortho intramolecular Hbond substituents is 1. The van der Waals surface area contributed by atoms with Gasteiger partial charge in [-0.3, -0.25) is 14.4 Å². The Hall–Kier alpha value is -3.95.